The van der Waals surface area contributed by atoms with Crippen LogP contribution in [0.4, 0.5) is 0 Å². The van der Waals surface area contributed by atoms with E-state index >= 15 is 0 Å². The molecule has 1 aliphatic rings. The van der Waals surface area contributed by atoms with Gasteiger partial charge in [-0.05, 0) is 68.2 Å². The van der Waals surface area contributed by atoms with E-state index in [4.69, 9.17) is 0 Å². The van der Waals surface area contributed by atoms with Gasteiger partial charge in [0.15, 0.2) is 0 Å². The number of rotatable bonds is 2. The molecular formula is C30H32S. The molecule has 0 radical (unpaired) electrons. The monoisotopic (exact) mass is 424 g/mol. The van der Waals surface area contributed by atoms with Crippen LogP contribution in [0.1, 0.15) is 74.6 Å². The van der Waals surface area contributed by atoms with E-state index in [1.807, 2.05) is 11.3 Å². The average molecular weight is 425 g/mol. The second kappa shape index (κ2) is 7.07. The summed E-state index contributed by atoms with van der Waals surface area (Å²) in [4.78, 5) is 1.48. The first kappa shape index (κ1) is 20.5. The van der Waals surface area contributed by atoms with Crippen LogP contribution in [0, 0.1) is 0 Å². The van der Waals surface area contributed by atoms with E-state index < -0.39 is 0 Å². The number of benzene rings is 3. The summed E-state index contributed by atoms with van der Waals surface area (Å²) in [6.45, 7) is 13.9. The maximum absolute atomic E-state index is 2.46. The standard InChI is InChI=1S/C30H32S/c1-29(2,3)20-11-13-23-25(16-20)26-17-21(30(4,5)6)12-14-24(26)27(23)18-22-15-19-9-7-8-10-28(19)31-22/h7-17,27H,18H2,1-6H3. The molecule has 0 saturated heterocycles. The lowest BCUT2D eigenvalue weighted by molar-refractivity contribution is 0.589. The molecule has 1 heterocycles. The van der Waals surface area contributed by atoms with Crippen molar-refractivity contribution in [1.82, 2.24) is 0 Å². The van der Waals surface area contributed by atoms with Crippen LogP contribution in [0.25, 0.3) is 21.2 Å². The van der Waals surface area contributed by atoms with Gasteiger partial charge in [-0.2, -0.15) is 0 Å². The van der Waals surface area contributed by atoms with Crippen molar-refractivity contribution in [3.63, 3.8) is 0 Å². The van der Waals surface area contributed by atoms with Crippen LogP contribution in [-0.4, -0.2) is 0 Å². The van der Waals surface area contributed by atoms with Gasteiger partial charge in [-0.1, -0.05) is 96.1 Å². The molecule has 158 valence electrons. The van der Waals surface area contributed by atoms with Crippen molar-refractivity contribution in [3.8, 4) is 11.1 Å². The average Bonchev–Trinajstić information content (AvgIpc) is 3.25. The molecule has 0 aliphatic heterocycles. The van der Waals surface area contributed by atoms with Crippen LogP contribution < -0.4 is 0 Å². The zero-order valence-electron chi connectivity index (χ0n) is 19.5. The van der Waals surface area contributed by atoms with Crippen molar-refractivity contribution in [2.24, 2.45) is 0 Å². The Hall–Kier alpha value is -2.38. The summed E-state index contributed by atoms with van der Waals surface area (Å²) in [5, 5.41) is 1.37. The highest BCUT2D eigenvalue weighted by molar-refractivity contribution is 7.19. The maximum Gasteiger partial charge on any atom is 0.0345 e. The molecule has 0 unspecified atom stereocenters. The molecule has 0 N–H and O–H groups in total. The number of fused-ring (bicyclic) bond motifs is 4. The van der Waals surface area contributed by atoms with Gasteiger partial charge in [0.1, 0.15) is 0 Å². The van der Waals surface area contributed by atoms with Crippen molar-refractivity contribution < 1.29 is 0 Å². The Morgan fingerprint density at radius 1 is 0.677 bits per heavy atom. The van der Waals surface area contributed by atoms with Crippen LogP contribution >= 0.6 is 11.3 Å². The minimum atomic E-state index is 0.153. The molecule has 1 heteroatoms. The van der Waals surface area contributed by atoms with Gasteiger partial charge in [-0.3, -0.25) is 0 Å². The van der Waals surface area contributed by atoms with Crippen molar-refractivity contribution in [2.75, 3.05) is 0 Å². The Balaban J connectivity index is 1.65. The Morgan fingerprint density at radius 2 is 1.23 bits per heavy atom. The molecule has 1 aromatic heterocycles. The van der Waals surface area contributed by atoms with Crippen molar-refractivity contribution >= 4 is 21.4 Å². The van der Waals surface area contributed by atoms with E-state index in [-0.39, 0.29) is 10.8 Å². The fourth-order valence-corrected chi connectivity index (χ4v) is 5.96. The highest BCUT2D eigenvalue weighted by atomic mass is 32.1. The minimum Gasteiger partial charge on any atom is -0.140 e. The molecule has 3 aromatic carbocycles. The van der Waals surface area contributed by atoms with E-state index in [2.05, 4.69) is 108 Å². The molecule has 0 nitrogen and oxygen atoms in total. The Morgan fingerprint density at radius 3 is 1.74 bits per heavy atom. The predicted octanol–water partition coefficient (Wildman–Crippen LogP) is 8.85. The largest absolute Gasteiger partial charge is 0.140 e. The first-order valence-corrected chi connectivity index (χ1v) is 12.2. The molecule has 0 atom stereocenters. The van der Waals surface area contributed by atoms with Crippen molar-refractivity contribution in [3.05, 3.63) is 93.9 Å². The highest BCUT2D eigenvalue weighted by Crippen LogP contribution is 2.49. The van der Waals surface area contributed by atoms with Gasteiger partial charge < -0.3 is 0 Å². The predicted molar refractivity (Wildman–Crippen MR) is 137 cm³/mol. The smallest absolute Gasteiger partial charge is 0.0345 e. The van der Waals surface area contributed by atoms with E-state index in [1.165, 1.54) is 48.3 Å². The zero-order chi connectivity index (χ0) is 22.0. The first-order chi connectivity index (χ1) is 14.6. The molecule has 0 bridgehead atoms. The third-order valence-electron chi connectivity index (χ3n) is 6.76. The van der Waals surface area contributed by atoms with Crippen LogP contribution in [0.3, 0.4) is 0 Å². The van der Waals surface area contributed by atoms with Gasteiger partial charge in [0.05, 0.1) is 0 Å². The number of thiophene rings is 1. The molecule has 0 fully saturated rings. The third kappa shape index (κ3) is 3.64. The van der Waals surface area contributed by atoms with E-state index in [0.29, 0.717) is 5.92 Å². The van der Waals surface area contributed by atoms with Crippen molar-refractivity contribution in [2.45, 2.75) is 64.7 Å². The van der Waals surface area contributed by atoms with Gasteiger partial charge in [-0.15, -0.1) is 11.3 Å². The van der Waals surface area contributed by atoms with Gasteiger partial charge in [-0.25, -0.2) is 0 Å². The quantitative estimate of drug-likeness (QED) is 0.301. The van der Waals surface area contributed by atoms with Gasteiger partial charge >= 0.3 is 0 Å². The van der Waals surface area contributed by atoms with Gasteiger partial charge in [0, 0.05) is 15.5 Å². The lowest BCUT2D eigenvalue weighted by Gasteiger charge is -2.21. The summed E-state index contributed by atoms with van der Waals surface area (Å²) >= 11 is 1.95. The number of hydrogen-bond donors (Lipinski definition) is 0. The summed E-state index contributed by atoms with van der Waals surface area (Å²) in [7, 11) is 0. The Labute approximate surface area is 191 Å². The Kier molecular flexibility index (Phi) is 4.68. The minimum absolute atomic E-state index is 0.153. The fourth-order valence-electron chi connectivity index (χ4n) is 4.85. The van der Waals surface area contributed by atoms with E-state index in [0.717, 1.165) is 6.42 Å². The van der Waals surface area contributed by atoms with Crippen LogP contribution in [0.5, 0.6) is 0 Å². The van der Waals surface area contributed by atoms with Gasteiger partial charge in [0.2, 0.25) is 0 Å². The molecule has 31 heavy (non-hydrogen) atoms. The second-order valence-electron chi connectivity index (χ2n) is 11.1. The van der Waals surface area contributed by atoms with E-state index in [1.54, 1.807) is 0 Å². The van der Waals surface area contributed by atoms with E-state index in [9.17, 15) is 0 Å². The zero-order valence-corrected chi connectivity index (χ0v) is 20.4. The van der Waals surface area contributed by atoms with Crippen LogP contribution in [0.2, 0.25) is 0 Å². The summed E-state index contributed by atoms with van der Waals surface area (Å²) in [5.74, 6) is 0.432. The number of hydrogen-bond acceptors (Lipinski definition) is 1. The van der Waals surface area contributed by atoms with Gasteiger partial charge in [0.25, 0.3) is 0 Å². The molecule has 1 aliphatic carbocycles. The summed E-state index contributed by atoms with van der Waals surface area (Å²) in [5.41, 5.74) is 9.01. The summed E-state index contributed by atoms with van der Waals surface area (Å²) in [6.07, 6.45) is 1.07. The second-order valence-corrected chi connectivity index (χ2v) is 12.3. The molecule has 0 saturated carbocycles. The molecule has 0 amide bonds. The third-order valence-corrected chi connectivity index (χ3v) is 7.90. The first-order valence-electron chi connectivity index (χ1n) is 11.4. The highest BCUT2D eigenvalue weighted by Gasteiger charge is 2.31. The summed E-state index contributed by atoms with van der Waals surface area (Å²) in [6, 6.07) is 25.6. The summed E-state index contributed by atoms with van der Waals surface area (Å²) < 4.78 is 1.39. The fraction of sp³-hybridized carbons (Fsp3) is 0.333. The lowest BCUT2D eigenvalue weighted by atomic mass is 9.83. The lowest BCUT2D eigenvalue weighted by Crippen LogP contribution is -2.11. The molecule has 5 rings (SSSR count). The Bertz CT molecular complexity index is 1180. The molecule has 0 spiro atoms. The normalized spacial score (nSPS) is 14.1. The SMILES string of the molecule is CC(C)(C)c1ccc2c(c1)-c1cc(C(C)(C)C)ccc1C2Cc1cc2ccccc2s1. The van der Waals surface area contributed by atoms with Crippen LogP contribution in [-0.2, 0) is 17.3 Å². The van der Waals surface area contributed by atoms with Crippen molar-refractivity contribution in [1.29, 1.82) is 0 Å². The van der Waals surface area contributed by atoms with Crippen LogP contribution in [0.15, 0.2) is 66.7 Å². The molecular weight excluding hydrogens is 392 g/mol. The molecule has 4 aromatic rings. The maximum atomic E-state index is 2.46. The topological polar surface area (TPSA) is 0 Å².